The van der Waals surface area contributed by atoms with Crippen molar-refractivity contribution in [2.24, 2.45) is 0 Å². The molecule has 2 atom stereocenters. The predicted molar refractivity (Wildman–Crippen MR) is 76.3 cm³/mol. The van der Waals surface area contributed by atoms with Gasteiger partial charge >= 0.3 is 0 Å². The second-order valence-electron chi connectivity index (χ2n) is 5.08. The molecule has 2 rings (SSSR count). The average Bonchev–Trinajstić information content (AvgIpc) is 2.75. The molecule has 2 unspecified atom stereocenters. The van der Waals surface area contributed by atoms with Crippen molar-refractivity contribution in [2.75, 3.05) is 11.5 Å². The molecule has 0 saturated carbocycles. The van der Waals surface area contributed by atoms with E-state index in [2.05, 4.69) is 5.32 Å². The summed E-state index contributed by atoms with van der Waals surface area (Å²) in [6.45, 7) is 1.97. The van der Waals surface area contributed by atoms with E-state index in [0.717, 1.165) is 12.0 Å². The number of non-ortho nitro benzene ring substituents is 1. The van der Waals surface area contributed by atoms with Gasteiger partial charge in [-0.2, -0.15) is 0 Å². The molecule has 20 heavy (non-hydrogen) atoms. The molecule has 1 N–H and O–H groups in total. The average molecular weight is 298 g/mol. The largest absolute Gasteiger partial charge is 0.306 e. The molecule has 1 heterocycles. The summed E-state index contributed by atoms with van der Waals surface area (Å²) in [5, 5.41) is 14.1. The first kappa shape index (κ1) is 14.9. The van der Waals surface area contributed by atoms with Crippen molar-refractivity contribution in [3.63, 3.8) is 0 Å². The van der Waals surface area contributed by atoms with Crippen LogP contribution in [0.3, 0.4) is 0 Å². The summed E-state index contributed by atoms with van der Waals surface area (Å²) in [4.78, 5) is 10.4. The minimum Gasteiger partial charge on any atom is -0.306 e. The van der Waals surface area contributed by atoms with Crippen molar-refractivity contribution >= 4 is 15.5 Å². The number of sulfone groups is 1. The Morgan fingerprint density at radius 2 is 2.25 bits per heavy atom. The number of rotatable bonds is 5. The van der Waals surface area contributed by atoms with Crippen molar-refractivity contribution in [2.45, 2.75) is 31.8 Å². The van der Waals surface area contributed by atoms with E-state index in [1.165, 1.54) is 6.07 Å². The Balaban J connectivity index is 2.12. The van der Waals surface area contributed by atoms with Gasteiger partial charge in [0.25, 0.3) is 5.69 Å². The molecule has 6 nitrogen and oxygen atoms in total. The zero-order valence-electron chi connectivity index (χ0n) is 11.3. The van der Waals surface area contributed by atoms with Crippen molar-refractivity contribution < 1.29 is 13.3 Å². The van der Waals surface area contributed by atoms with Crippen molar-refractivity contribution in [1.29, 1.82) is 0 Å². The van der Waals surface area contributed by atoms with Gasteiger partial charge in [0.15, 0.2) is 9.84 Å². The standard InChI is InChI=1S/C13H18N2O4S/c1-2-13(14-11-6-7-20(18,19)9-11)10-4-3-5-12(8-10)15(16)17/h3-5,8,11,13-14H,2,6-7,9H2,1H3. The van der Waals surface area contributed by atoms with Crippen LogP contribution < -0.4 is 5.32 Å². The van der Waals surface area contributed by atoms with Crippen LogP contribution in [0, 0.1) is 10.1 Å². The van der Waals surface area contributed by atoms with Crippen LogP contribution in [-0.4, -0.2) is 30.9 Å². The maximum absolute atomic E-state index is 11.5. The Morgan fingerprint density at radius 1 is 1.50 bits per heavy atom. The Kier molecular flexibility index (Phi) is 4.39. The lowest BCUT2D eigenvalue weighted by Gasteiger charge is -2.21. The van der Waals surface area contributed by atoms with E-state index in [1.807, 2.05) is 13.0 Å². The molecule has 0 aliphatic carbocycles. The predicted octanol–water partition coefficient (Wildman–Crippen LogP) is 1.82. The minimum atomic E-state index is -2.92. The summed E-state index contributed by atoms with van der Waals surface area (Å²) < 4.78 is 22.9. The zero-order valence-corrected chi connectivity index (χ0v) is 12.1. The SMILES string of the molecule is CCC(NC1CCS(=O)(=O)C1)c1cccc([N+](=O)[O-])c1. The molecule has 1 aromatic rings. The highest BCUT2D eigenvalue weighted by atomic mass is 32.2. The number of nitrogens with one attached hydrogen (secondary N) is 1. The van der Waals surface area contributed by atoms with E-state index in [-0.39, 0.29) is 29.3 Å². The van der Waals surface area contributed by atoms with Gasteiger partial charge in [0.1, 0.15) is 0 Å². The molecular formula is C13H18N2O4S. The highest BCUT2D eigenvalue weighted by Gasteiger charge is 2.29. The minimum absolute atomic E-state index is 0.0572. The molecule has 1 aromatic carbocycles. The number of benzene rings is 1. The van der Waals surface area contributed by atoms with Gasteiger partial charge in [-0.3, -0.25) is 10.1 Å². The van der Waals surface area contributed by atoms with Crippen LogP contribution in [0.5, 0.6) is 0 Å². The maximum atomic E-state index is 11.5. The first-order chi connectivity index (χ1) is 9.41. The Morgan fingerprint density at radius 3 is 2.80 bits per heavy atom. The number of hydrogen-bond acceptors (Lipinski definition) is 5. The zero-order chi connectivity index (χ0) is 14.8. The smallest absolute Gasteiger partial charge is 0.269 e. The Labute approximate surface area is 118 Å². The van der Waals surface area contributed by atoms with E-state index in [9.17, 15) is 18.5 Å². The summed E-state index contributed by atoms with van der Waals surface area (Å²) in [5.41, 5.74) is 0.882. The van der Waals surface area contributed by atoms with Gasteiger partial charge in [0.05, 0.1) is 16.4 Å². The molecule has 1 saturated heterocycles. The third-order valence-corrected chi connectivity index (χ3v) is 5.33. The molecular weight excluding hydrogens is 280 g/mol. The fourth-order valence-corrected chi connectivity index (χ4v) is 4.20. The lowest BCUT2D eigenvalue weighted by Crippen LogP contribution is -2.33. The normalized spacial score (nSPS) is 22.6. The molecule has 0 aromatic heterocycles. The van der Waals surface area contributed by atoms with Gasteiger partial charge < -0.3 is 5.32 Å². The molecule has 0 bridgehead atoms. The molecule has 1 fully saturated rings. The van der Waals surface area contributed by atoms with E-state index in [4.69, 9.17) is 0 Å². The highest BCUT2D eigenvalue weighted by molar-refractivity contribution is 7.91. The van der Waals surface area contributed by atoms with Crippen LogP contribution in [0.25, 0.3) is 0 Å². The highest BCUT2D eigenvalue weighted by Crippen LogP contribution is 2.24. The second kappa shape index (κ2) is 5.88. The van der Waals surface area contributed by atoms with Gasteiger partial charge in [-0.15, -0.1) is 0 Å². The van der Waals surface area contributed by atoms with Gasteiger partial charge in [-0.05, 0) is 18.4 Å². The Hall–Kier alpha value is -1.47. The van der Waals surface area contributed by atoms with Crippen molar-refractivity contribution in [3.05, 3.63) is 39.9 Å². The van der Waals surface area contributed by atoms with E-state index < -0.39 is 14.8 Å². The van der Waals surface area contributed by atoms with E-state index in [1.54, 1.807) is 12.1 Å². The van der Waals surface area contributed by atoms with Gasteiger partial charge in [-0.25, -0.2) is 8.42 Å². The number of hydrogen-bond donors (Lipinski definition) is 1. The van der Waals surface area contributed by atoms with Crippen LogP contribution in [0.4, 0.5) is 5.69 Å². The van der Waals surface area contributed by atoms with Crippen LogP contribution in [0.15, 0.2) is 24.3 Å². The lowest BCUT2D eigenvalue weighted by molar-refractivity contribution is -0.384. The molecule has 1 aliphatic rings. The molecule has 7 heteroatoms. The molecule has 0 amide bonds. The molecule has 0 radical (unpaired) electrons. The number of nitrogens with zero attached hydrogens (tertiary/aromatic N) is 1. The van der Waals surface area contributed by atoms with Crippen LogP contribution in [0.2, 0.25) is 0 Å². The van der Waals surface area contributed by atoms with Gasteiger partial charge in [0, 0.05) is 24.2 Å². The first-order valence-corrected chi connectivity index (χ1v) is 8.44. The van der Waals surface area contributed by atoms with E-state index in [0.29, 0.717) is 6.42 Å². The first-order valence-electron chi connectivity index (χ1n) is 6.62. The fraction of sp³-hybridized carbons (Fsp3) is 0.538. The monoisotopic (exact) mass is 298 g/mol. The molecule has 1 aliphatic heterocycles. The van der Waals surface area contributed by atoms with Crippen LogP contribution in [0.1, 0.15) is 31.4 Å². The van der Waals surface area contributed by atoms with Gasteiger partial charge in [0.2, 0.25) is 0 Å². The van der Waals surface area contributed by atoms with Crippen LogP contribution in [-0.2, 0) is 9.84 Å². The summed E-state index contributed by atoms with van der Waals surface area (Å²) in [6.07, 6.45) is 1.35. The second-order valence-corrected chi connectivity index (χ2v) is 7.31. The van der Waals surface area contributed by atoms with E-state index >= 15 is 0 Å². The Bertz CT molecular complexity index is 600. The van der Waals surface area contributed by atoms with Crippen molar-refractivity contribution in [1.82, 2.24) is 5.32 Å². The van der Waals surface area contributed by atoms with Gasteiger partial charge in [-0.1, -0.05) is 19.1 Å². The lowest BCUT2D eigenvalue weighted by atomic mass is 10.0. The summed E-state index contributed by atoms with van der Waals surface area (Å²) in [7, 11) is -2.92. The molecule has 110 valence electrons. The number of nitro groups is 1. The van der Waals surface area contributed by atoms with Crippen molar-refractivity contribution in [3.8, 4) is 0 Å². The van der Waals surface area contributed by atoms with Crippen LogP contribution >= 0.6 is 0 Å². The number of nitro benzene ring substituents is 1. The summed E-state index contributed by atoms with van der Waals surface area (Å²) >= 11 is 0. The fourth-order valence-electron chi connectivity index (χ4n) is 2.52. The maximum Gasteiger partial charge on any atom is 0.269 e. The molecule has 0 spiro atoms. The summed E-state index contributed by atoms with van der Waals surface area (Å²) in [5.74, 6) is 0.370. The summed E-state index contributed by atoms with van der Waals surface area (Å²) in [6, 6.07) is 6.36. The third kappa shape index (κ3) is 3.55. The third-order valence-electron chi connectivity index (χ3n) is 3.56. The quantitative estimate of drug-likeness (QED) is 0.661. The topological polar surface area (TPSA) is 89.3 Å².